The minimum Gasteiger partial charge on any atom is -0.492 e. The SMILES string of the molecule is COC(=O)c1c(OC[C@H]2CCCN(C)C2)cc(=O)n2c1CCN(Cc1ccc(OC(C)C)cc1)CC2. The van der Waals surface area contributed by atoms with Crippen LogP contribution in [0.25, 0.3) is 0 Å². The van der Waals surface area contributed by atoms with Crippen LogP contribution in [0.5, 0.6) is 11.5 Å². The van der Waals surface area contributed by atoms with Crippen molar-refractivity contribution in [2.45, 2.75) is 52.3 Å². The number of nitrogens with zero attached hydrogens (tertiary/aromatic N) is 3. The van der Waals surface area contributed by atoms with Crippen LogP contribution in [0.15, 0.2) is 35.1 Å². The van der Waals surface area contributed by atoms with E-state index in [1.54, 1.807) is 4.57 Å². The first-order valence-electron chi connectivity index (χ1n) is 13.0. The lowest BCUT2D eigenvalue weighted by atomic mass is 9.99. The predicted molar refractivity (Wildman–Crippen MR) is 139 cm³/mol. The van der Waals surface area contributed by atoms with Gasteiger partial charge in [0.25, 0.3) is 5.56 Å². The Morgan fingerprint density at radius 1 is 1.11 bits per heavy atom. The Kier molecular flexibility index (Phi) is 8.69. The molecule has 0 bridgehead atoms. The van der Waals surface area contributed by atoms with E-state index in [0.29, 0.717) is 49.0 Å². The molecule has 0 N–H and O–H groups in total. The molecule has 0 aliphatic carbocycles. The Morgan fingerprint density at radius 3 is 2.58 bits per heavy atom. The second-order valence-corrected chi connectivity index (χ2v) is 10.2. The standard InChI is InChI=1S/C28H39N3O5/c1-20(2)36-23-9-7-21(8-10-23)18-30-13-11-24-27(28(33)34-4)25(16-26(32)31(24)15-14-30)35-19-22-6-5-12-29(3)17-22/h7-10,16,20,22H,5-6,11-15,17-19H2,1-4H3/t22-/m0/s1. The second kappa shape index (κ2) is 11.9. The zero-order valence-corrected chi connectivity index (χ0v) is 22.0. The van der Waals surface area contributed by atoms with Crippen LogP contribution in [-0.4, -0.2) is 73.4 Å². The molecule has 2 aromatic rings. The lowest BCUT2D eigenvalue weighted by molar-refractivity contribution is 0.0590. The highest BCUT2D eigenvalue weighted by atomic mass is 16.5. The average Bonchev–Trinajstić information content (AvgIpc) is 3.06. The van der Waals surface area contributed by atoms with Gasteiger partial charge in [-0.25, -0.2) is 4.79 Å². The van der Waals surface area contributed by atoms with Crippen LogP contribution in [0.2, 0.25) is 0 Å². The summed E-state index contributed by atoms with van der Waals surface area (Å²) in [6.45, 7) is 9.28. The molecule has 0 amide bonds. The summed E-state index contributed by atoms with van der Waals surface area (Å²) in [4.78, 5) is 30.6. The van der Waals surface area contributed by atoms with Crippen LogP contribution in [0.3, 0.4) is 0 Å². The fourth-order valence-electron chi connectivity index (χ4n) is 5.21. The summed E-state index contributed by atoms with van der Waals surface area (Å²) in [6, 6.07) is 9.61. The number of esters is 1. The van der Waals surface area contributed by atoms with Crippen molar-refractivity contribution in [2.24, 2.45) is 5.92 Å². The summed E-state index contributed by atoms with van der Waals surface area (Å²) >= 11 is 0. The van der Waals surface area contributed by atoms with Gasteiger partial charge in [-0.2, -0.15) is 0 Å². The molecule has 1 saturated heterocycles. The van der Waals surface area contributed by atoms with E-state index >= 15 is 0 Å². The molecule has 1 aromatic heterocycles. The number of piperidine rings is 1. The number of likely N-dealkylation sites (tertiary alicyclic amines) is 1. The molecule has 196 valence electrons. The number of pyridine rings is 1. The molecule has 1 fully saturated rings. The normalized spacial score (nSPS) is 19.0. The maximum Gasteiger partial charge on any atom is 0.343 e. The highest BCUT2D eigenvalue weighted by molar-refractivity contribution is 5.93. The third-order valence-corrected chi connectivity index (χ3v) is 6.97. The van der Waals surface area contributed by atoms with E-state index in [4.69, 9.17) is 14.2 Å². The maximum absolute atomic E-state index is 13.1. The molecule has 8 nitrogen and oxygen atoms in total. The quantitative estimate of drug-likeness (QED) is 0.519. The third kappa shape index (κ3) is 6.48. The largest absolute Gasteiger partial charge is 0.492 e. The van der Waals surface area contributed by atoms with Crippen molar-refractivity contribution in [3.63, 3.8) is 0 Å². The van der Waals surface area contributed by atoms with Crippen LogP contribution in [0, 0.1) is 5.92 Å². The van der Waals surface area contributed by atoms with Crippen molar-refractivity contribution in [3.8, 4) is 11.5 Å². The minimum atomic E-state index is -0.455. The van der Waals surface area contributed by atoms with E-state index in [-0.39, 0.29) is 11.7 Å². The predicted octanol–water partition coefficient (Wildman–Crippen LogP) is 3.20. The van der Waals surface area contributed by atoms with Gasteiger partial charge in [0, 0.05) is 56.8 Å². The van der Waals surface area contributed by atoms with Crippen LogP contribution < -0.4 is 15.0 Å². The number of benzene rings is 1. The van der Waals surface area contributed by atoms with Crippen LogP contribution in [0.4, 0.5) is 0 Å². The topological polar surface area (TPSA) is 73.2 Å². The highest BCUT2D eigenvalue weighted by Gasteiger charge is 2.27. The van der Waals surface area contributed by atoms with Gasteiger partial charge in [0.2, 0.25) is 0 Å². The maximum atomic E-state index is 13.1. The molecule has 2 aliphatic rings. The van der Waals surface area contributed by atoms with Crippen molar-refractivity contribution >= 4 is 5.97 Å². The lowest BCUT2D eigenvalue weighted by Crippen LogP contribution is -2.35. The second-order valence-electron chi connectivity index (χ2n) is 10.2. The third-order valence-electron chi connectivity index (χ3n) is 6.97. The number of rotatable bonds is 8. The van der Waals surface area contributed by atoms with Gasteiger partial charge < -0.3 is 23.7 Å². The van der Waals surface area contributed by atoms with E-state index < -0.39 is 5.97 Å². The fourth-order valence-corrected chi connectivity index (χ4v) is 5.21. The zero-order valence-electron chi connectivity index (χ0n) is 22.0. The first-order chi connectivity index (χ1) is 17.3. The number of ether oxygens (including phenoxy) is 3. The zero-order chi connectivity index (χ0) is 25.7. The van der Waals surface area contributed by atoms with E-state index in [0.717, 1.165) is 44.8 Å². The molecule has 36 heavy (non-hydrogen) atoms. The molecule has 8 heteroatoms. The molecule has 0 spiro atoms. The Labute approximate surface area is 213 Å². The highest BCUT2D eigenvalue weighted by Crippen LogP contribution is 2.26. The molecule has 0 unspecified atom stereocenters. The van der Waals surface area contributed by atoms with Crippen LogP contribution >= 0.6 is 0 Å². The molecular formula is C28H39N3O5. The molecule has 1 aromatic carbocycles. The van der Waals surface area contributed by atoms with Gasteiger partial charge in [-0.15, -0.1) is 0 Å². The van der Waals surface area contributed by atoms with E-state index in [1.165, 1.54) is 18.7 Å². The van der Waals surface area contributed by atoms with Gasteiger partial charge in [0.05, 0.1) is 19.8 Å². The number of hydrogen-bond donors (Lipinski definition) is 0. The Bertz CT molecular complexity index is 1100. The number of carbonyl (C=O) groups is 1. The summed E-state index contributed by atoms with van der Waals surface area (Å²) in [5, 5.41) is 0. The minimum absolute atomic E-state index is 0.134. The first kappa shape index (κ1) is 26.2. The molecule has 4 rings (SSSR count). The molecule has 1 atom stereocenters. The monoisotopic (exact) mass is 497 g/mol. The number of hydrogen-bond acceptors (Lipinski definition) is 7. The fraction of sp³-hybridized carbons (Fsp3) is 0.571. The molecule has 0 saturated carbocycles. The summed E-state index contributed by atoms with van der Waals surface area (Å²) in [7, 11) is 3.49. The van der Waals surface area contributed by atoms with E-state index in [2.05, 4.69) is 29.0 Å². The van der Waals surface area contributed by atoms with Crippen molar-refractivity contribution < 1.29 is 19.0 Å². The average molecular weight is 498 g/mol. The Morgan fingerprint density at radius 2 is 1.89 bits per heavy atom. The van der Waals surface area contributed by atoms with Gasteiger partial charge in [-0.05, 0) is 58.0 Å². The number of carbonyl (C=O) groups excluding carboxylic acids is 1. The Hall–Kier alpha value is -2.84. The van der Waals surface area contributed by atoms with Gasteiger partial charge in [0.1, 0.15) is 17.1 Å². The van der Waals surface area contributed by atoms with Gasteiger partial charge >= 0.3 is 5.97 Å². The molecule has 2 aliphatic heterocycles. The van der Waals surface area contributed by atoms with Crippen molar-refractivity contribution in [1.29, 1.82) is 0 Å². The summed E-state index contributed by atoms with van der Waals surface area (Å²) in [6.07, 6.45) is 2.92. The van der Waals surface area contributed by atoms with Crippen molar-refractivity contribution in [2.75, 3.05) is 46.9 Å². The summed E-state index contributed by atoms with van der Waals surface area (Å²) in [5.41, 5.74) is 2.14. The van der Waals surface area contributed by atoms with Crippen LogP contribution in [0.1, 0.15) is 48.3 Å². The summed E-state index contributed by atoms with van der Waals surface area (Å²) < 4.78 is 18.7. The van der Waals surface area contributed by atoms with Gasteiger partial charge in [-0.3, -0.25) is 9.69 Å². The van der Waals surface area contributed by atoms with Crippen molar-refractivity contribution in [3.05, 3.63) is 57.5 Å². The molecule has 0 radical (unpaired) electrons. The Balaban J connectivity index is 1.50. The molecule has 3 heterocycles. The summed E-state index contributed by atoms with van der Waals surface area (Å²) in [5.74, 6) is 1.13. The van der Waals surface area contributed by atoms with E-state index in [1.807, 2.05) is 26.0 Å². The van der Waals surface area contributed by atoms with Gasteiger partial charge in [0.15, 0.2) is 0 Å². The van der Waals surface area contributed by atoms with Gasteiger partial charge in [-0.1, -0.05) is 12.1 Å². The number of fused-ring (bicyclic) bond motifs is 1. The lowest BCUT2D eigenvalue weighted by Gasteiger charge is -2.29. The van der Waals surface area contributed by atoms with E-state index in [9.17, 15) is 9.59 Å². The van der Waals surface area contributed by atoms with Crippen LogP contribution in [-0.2, 0) is 24.2 Å². The first-order valence-corrected chi connectivity index (χ1v) is 13.0. The number of aromatic nitrogens is 1. The van der Waals surface area contributed by atoms with Crippen molar-refractivity contribution in [1.82, 2.24) is 14.4 Å². The number of methoxy groups -OCH3 is 1. The molecular weight excluding hydrogens is 458 g/mol. The smallest absolute Gasteiger partial charge is 0.343 e.